The molecule has 0 radical (unpaired) electrons. The fraction of sp³-hybridized carbons (Fsp3) is 0.385. The topological polar surface area (TPSA) is 64.4 Å². The monoisotopic (exact) mass is 248 g/mol. The predicted molar refractivity (Wildman–Crippen MR) is 67.3 cm³/mol. The van der Waals surface area contributed by atoms with Crippen molar-refractivity contribution in [3.8, 4) is 0 Å². The van der Waals surface area contributed by atoms with E-state index in [9.17, 15) is 4.79 Å². The number of hydrogen-bond acceptors (Lipinski definition) is 5. The fourth-order valence-electron chi connectivity index (χ4n) is 1.72. The molecule has 2 aromatic rings. The molecule has 0 atom stereocenters. The highest BCUT2D eigenvalue weighted by Crippen LogP contribution is 2.17. The quantitative estimate of drug-likeness (QED) is 0.811. The average molecular weight is 248 g/mol. The minimum absolute atomic E-state index is 0.236. The van der Waals surface area contributed by atoms with E-state index >= 15 is 0 Å². The van der Waals surface area contributed by atoms with E-state index < -0.39 is 0 Å². The van der Waals surface area contributed by atoms with Crippen LogP contribution in [0.4, 0.5) is 0 Å². The van der Waals surface area contributed by atoms with Gasteiger partial charge in [-0.15, -0.1) is 0 Å². The van der Waals surface area contributed by atoms with Gasteiger partial charge < -0.3 is 14.5 Å². The first kappa shape index (κ1) is 12.6. The van der Waals surface area contributed by atoms with E-state index in [2.05, 4.69) is 10.3 Å². The van der Waals surface area contributed by atoms with Crippen molar-refractivity contribution >= 4 is 17.1 Å². The molecule has 18 heavy (non-hydrogen) atoms. The van der Waals surface area contributed by atoms with E-state index in [0.29, 0.717) is 18.9 Å². The second-order valence-electron chi connectivity index (χ2n) is 4.04. The molecule has 0 saturated heterocycles. The number of benzene rings is 1. The third kappa shape index (κ3) is 3.07. The molecule has 0 amide bonds. The van der Waals surface area contributed by atoms with Gasteiger partial charge in [0, 0.05) is 13.3 Å². The normalized spacial score (nSPS) is 10.8. The molecule has 1 heterocycles. The van der Waals surface area contributed by atoms with E-state index in [4.69, 9.17) is 9.15 Å². The Labute approximate surface area is 105 Å². The van der Waals surface area contributed by atoms with Crippen molar-refractivity contribution in [1.82, 2.24) is 10.3 Å². The molecule has 0 unspecified atom stereocenters. The lowest BCUT2D eigenvalue weighted by Crippen LogP contribution is -2.21. The largest absolute Gasteiger partial charge is 0.464 e. The second kappa shape index (κ2) is 5.64. The first-order valence-electron chi connectivity index (χ1n) is 5.85. The van der Waals surface area contributed by atoms with Crippen LogP contribution in [0.3, 0.4) is 0 Å². The van der Waals surface area contributed by atoms with Crippen LogP contribution in [-0.2, 0) is 16.0 Å². The zero-order valence-electron chi connectivity index (χ0n) is 10.5. The van der Waals surface area contributed by atoms with Gasteiger partial charge in [-0.2, -0.15) is 0 Å². The van der Waals surface area contributed by atoms with Crippen molar-refractivity contribution < 1.29 is 13.9 Å². The summed E-state index contributed by atoms with van der Waals surface area (Å²) >= 11 is 0. The molecule has 0 bridgehead atoms. The minimum Gasteiger partial charge on any atom is -0.464 e. The Hall–Kier alpha value is -1.88. The molecule has 1 N–H and O–H groups in total. The zero-order chi connectivity index (χ0) is 13.0. The lowest BCUT2D eigenvalue weighted by Gasteiger charge is -2.04. The Morgan fingerprint density at radius 2 is 2.33 bits per heavy atom. The molecule has 0 aliphatic carbocycles. The van der Waals surface area contributed by atoms with Gasteiger partial charge in [0.1, 0.15) is 5.52 Å². The first-order chi connectivity index (χ1) is 8.69. The van der Waals surface area contributed by atoms with Crippen molar-refractivity contribution in [3.63, 3.8) is 0 Å². The Kier molecular flexibility index (Phi) is 3.94. The summed E-state index contributed by atoms with van der Waals surface area (Å²) in [5, 5.41) is 2.75. The van der Waals surface area contributed by atoms with Crippen molar-refractivity contribution in [2.24, 2.45) is 0 Å². The summed E-state index contributed by atoms with van der Waals surface area (Å²) in [5.41, 5.74) is 2.69. The Morgan fingerprint density at radius 1 is 1.50 bits per heavy atom. The van der Waals surface area contributed by atoms with Crippen LogP contribution in [0.2, 0.25) is 0 Å². The van der Waals surface area contributed by atoms with Crippen LogP contribution in [0.5, 0.6) is 0 Å². The maximum Gasteiger partial charge on any atom is 0.319 e. The highest BCUT2D eigenvalue weighted by molar-refractivity contribution is 5.73. The Balaban J connectivity index is 1.93. The number of ether oxygens (including phenoxy) is 1. The van der Waals surface area contributed by atoms with Gasteiger partial charge >= 0.3 is 5.97 Å². The molecule has 1 aromatic heterocycles. The number of fused-ring (bicyclic) bond motifs is 1. The molecule has 5 nitrogen and oxygen atoms in total. The third-order valence-corrected chi connectivity index (χ3v) is 2.53. The lowest BCUT2D eigenvalue weighted by atomic mass is 10.1. The standard InChI is InChI=1S/C13H16N2O3/c1-9-15-11-4-3-10(7-12(11)18-9)5-6-17-13(16)8-14-2/h3-4,7,14H,5-6,8H2,1-2H3. The summed E-state index contributed by atoms with van der Waals surface area (Å²) < 4.78 is 10.5. The third-order valence-electron chi connectivity index (χ3n) is 2.53. The highest BCUT2D eigenvalue weighted by Gasteiger charge is 2.04. The SMILES string of the molecule is CNCC(=O)OCCc1ccc2nc(C)oc2c1. The predicted octanol–water partition coefficient (Wildman–Crippen LogP) is 1.44. The Morgan fingerprint density at radius 3 is 3.11 bits per heavy atom. The molecule has 0 spiro atoms. The molecule has 2 rings (SSSR count). The number of carbonyl (C=O) groups excluding carboxylic acids is 1. The number of carbonyl (C=O) groups is 1. The summed E-state index contributed by atoms with van der Waals surface area (Å²) in [7, 11) is 1.71. The summed E-state index contributed by atoms with van der Waals surface area (Å²) in [6.07, 6.45) is 0.672. The van der Waals surface area contributed by atoms with E-state index in [0.717, 1.165) is 16.7 Å². The number of rotatable bonds is 5. The van der Waals surface area contributed by atoms with Crippen molar-refractivity contribution in [1.29, 1.82) is 0 Å². The van der Waals surface area contributed by atoms with Crippen LogP contribution in [0.1, 0.15) is 11.5 Å². The van der Waals surface area contributed by atoms with Crippen LogP contribution >= 0.6 is 0 Å². The second-order valence-corrected chi connectivity index (χ2v) is 4.04. The number of nitrogens with one attached hydrogen (secondary N) is 1. The van der Waals surface area contributed by atoms with E-state index in [-0.39, 0.29) is 12.5 Å². The minimum atomic E-state index is -0.242. The maximum atomic E-state index is 11.1. The summed E-state index contributed by atoms with van der Waals surface area (Å²) in [6.45, 7) is 2.43. The number of oxazole rings is 1. The maximum absolute atomic E-state index is 11.1. The molecule has 96 valence electrons. The number of nitrogens with zero attached hydrogens (tertiary/aromatic N) is 1. The van der Waals surface area contributed by atoms with Gasteiger partial charge in [-0.1, -0.05) is 6.07 Å². The van der Waals surface area contributed by atoms with Crippen LogP contribution in [-0.4, -0.2) is 31.2 Å². The highest BCUT2D eigenvalue weighted by atomic mass is 16.5. The molecule has 5 heteroatoms. The van der Waals surface area contributed by atoms with Gasteiger partial charge in [0.15, 0.2) is 11.5 Å². The van der Waals surface area contributed by atoms with Gasteiger partial charge in [-0.05, 0) is 24.7 Å². The van der Waals surface area contributed by atoms with Gasteiger partial charge in [-0.3, -0.25) is 4.79 Å². The molecule has 0 aliphatic heterocycles. The first-order valence-corrected chi connectivity index (χ1v) is 5.85. The number of aromatic nitrogens is 1. The average Bonchev–Trinajstić information content (AvgIpc) is 2.69. The van der Waals surface area contributed by atoms with Gasteiger partial charge in [0.2, 0.25) is 0 Å². The fourth-order valence-corrected chi connectivity index (χ4v) is 1.72. The molecule has 0 saturated carbocycles. The van der Waals surface area contributed by atoms with Crippen molar-refractivity contribution in [3.05, 3.63) is 29.7 Å². The van der Waals surface area contributed by atoms with Gasteiger partial charge in [-0.25, -0.2) is 4.98 Å². The van der Waals surface area contributed by atoms with E-state index in [1.54, 1.807) is 7.05 Å². The zero-order valence-corrected chi connectivity index (χ0v) is 10.5. The van der Waals surface area contributed by atoms with E-state index in [1.165, 1.54) is 0 Å². The summed E-state index contributed by atoms with van der Waals surface area (Å²) in [5.74, 6) is 0.414. The number of aryl methyl sites for hydroxylation is 1. The molecular formula is C13H16N2O3. The lowest BCUT2D eigenvalue weighted by molar-refractivity contribution is -0.142. The van der Waals surface area contributed by atoms with Crippen molar-refractivity contribution in [2.45, 2.75) is 13.3 Å². The molecule has 0 aliphatic rings. The molecule has 1 aromatic carbocycles. The van der Waals surface area contributed by atoms with Gasteiger partial charge in [0.05, 0.1) is 13.2 Å². The summed E-state index contributed by atoms with van der Waals surface area (Å²) in [6, 6.07) is 5.81. The van der Waals surface area contributed by atoms with Crippen molar-refractivity contribution in [2.75, 3.05) is 20.2 Å². The van der Waals surface area contributed by atoms with Crippen LogP contribution in [0, 0.1) is 6.92 Å². The summed E-state index contributed by atoms with van der Waals surface area (Å²) in [4.78, 5) is 15.4. The van der Waals surface area contributed by atoms with Crippen LogP contribution < -0.4 is 5.32 Å². The smallest absolute Gasteiger partial charge is 0.319 e. The van der Waals surface area contributed by atoms with Crippen LogP contribution in [0.15, 0.2) is 22.6 Å². The Bertz CT molecular complexity index is 548. The number of likely N-dealkylation sites (N-methyl/N-ethyl adjacent to an activating group) is 1. The molecule has 0 fully saturated rings. The van der Waals surface area contributed by atoms with Crippen LogP contribution in [0.25, 0.3) is 11.1 Å². The number of hydrogen-bond donors (Lipinski definition) is 1. The van der Waals surface area contributed by atoms with Gasteiger partial charge in [0.25, 0.3) is 0 Å². The molecular weight excluding hydrogens is 232 g/mol. The van der Waals surface area contributed by atoms with E-state index in [1.807, 2.05) is 25.1 Å². The number of esters is 1.